The molecule has 3 rings (SSSR count). The summed E-state index contributed by atoms with van der Waals surface area (Å²) in [6.45, 7) is 4.41. The first kappa shape index (κ1) is 14.3. The standard InChI is InChI=1S/C14H18ClN3S2/c1-2-10-4-3-5-18(10)7-12-13(17-14(16)20-12)11-6-9(15)8-19-11/h6,8,10H,2-5,7H2,1H3,(H2,16,17)/t10-/m1/s1. The van der Waals surface area contributed by atoms with E-state index in [1.807, 2.05) is 11.4 Å². The molecule has 1 aliphatic rings. The Morgan fingerprint density at radius 2 is 2.40 bits per heavy atom. The summed E-state index contributed by atoms with van der Waals surface area (Å²) in [5.41, 5.74) is 6.95. The Hall–Kier alpha value is -0.620. The Morgan fingerprint density at radius 1 is 1.55 bits per heavy atom. The zero-order valence-electron chi connectivity index (χ0n) is 11.4. The molecule has 1 aliphatic heterocycles. The quantitative estimate of drug-likeness (QED) is 0.900. The highest BCUT2D eigenvalue weighted by molar-refractivity contribution is 7.17. The van der Waals surface area contributed by atoms with Gasteiger partial charge in [0.25, 0.3) is 0 Å². The van der Waals surface area contributed by atoms with Gasteiger partial charge in [-0.15, -0.1) is 22.7 Å². The van der Waals surface area contributed by atoms with Gasteiger partial charge in [-0.25, -0.2) is 4.98 Å². The molecule has 0 spiro atoms. The van der Waals surface area contributed by atoms with Crippen LogP contribution in [-0.4, -0.2) is 22.5 Å². The largest absolute Gasteiger partial charge is 0.375 e. The first-order chi connectivity index (χ1) is 9.67. The second-order valence-corrected chi connectivity index (χ2v) is 7.59. The maximum Gasteiger partial charge on any atom is 0.180 e. The summed E-state index contributed by atoms with van der Waals surface area (Å²) in [5.74, 6) is 0. The number of hydrogen-bond acceptors (Lipinski definition) is 5. The van der Waals surface area contributed by atoms with Gasteiger partial charge in [0.05, 0.1) is 15.6 Å². The van der Waals surface area contributed by atoms with Crippen LogP contribution in [0.4, 0.5) is 5.13 Å². The number of thiophene rings is 1. The maximum absolute atomic E-state index is 6.03. The smallest absolute Gasteiger partial charge is 0.180 e. The molecule has 108 valence electrons. The molecule has 1 atom stereocenters. The first-order valence-corrected chi connectivity index (χ1v) is 8.98. The normalized spacial score (nSPS) is 19.8. The molecule has 20 heavy (non-hydrogen) atoms. The van der Waals surface area contributed by atoms with Crippen LogP contribution in [0.25, 0.3) is 10.6 Å². The van der Waals surface area contributed by atoms with Crippen LogP contribution in [0.15, 0.2) is 11.4 Å². The molecule has 6 heteroatoms. The number of thiazole rings is 1. The van der Waals surface area contributed by atoms with Crippen molar-refractivity contribution < 1.29 is 0 Å². The molecule has 1 saturated heterocycles. The molecule has 0 radical (unpaired) electrons. The average Bonchev–Trinajstić information content (AvgIpc) is 3.10. The van der Waals surface area contributed by atoms with E-state index >= 15 is 0 Å². The molecule has 0 unspecified atom stereocenters. The summed E-state index contributed by atoms with van der Waals surface area (Å²) in [6, 6.07) is 2.68. The summed E-state index contributed by atoms with van der Waals surface area (Å²) >= 11 is 9.27. The number of halogens is 1. The molecule has 2 aromatic rings. The van der Waals surface area contributed by atoms with Crippen molar-refractivity contribution in [2.45, 2.75) is 38.8 Å². The first-order valence-electron chi connectivity index (χ1n) is 6.91. The SMILES string of the molecule is CC[C@@H]1CCCN1Cc1sc(N)nc1-c1cc(Cl)cs1. The molecular weight excluding hydrogens is 310 g/mol. The van der Waals surface area contributed by atoms with E-state index < -0.39 is 0 Å². The number of aromatic nitrogens is 1. The number of nitrogens with two attached hydrogens (primary N) is 1. The second kappa shape index (κ2) is 6.02. The fourth-order valence-electron chi connectivity index (χ4n) is 2.86. The monoisotopic (exact) mass is 327 g/mol. The van der Waals surface area contributed by atoms with Gasteiger partial charge in [0.2, 0.25) is 0 Å². The van der Waals surface area contributed by atoms with Crippen molar-refractivity contribution in [1.82, 2.24) is 9.88 Å². The summed E-state index contributed by atoms with van der Waals surface area (Å²) < 4.78 is 0. The van der Waals surface area contributed by atoms with Crippen molar-refractivity contribution in [2.24, 2.45) is 0 Å². The highest BCUT2D eigenvalue weighted by Gasteiger charge is 2.25. The van der Waals surface area contributed by atoms with Gasteiger partial charge < -0.3 is 5.73 Å². The van der Waals surface area contributed by atoms with E-state index in [1.165, 1.54) is 30.7 Å². The molecule has 2 aromatic heterocycles. The number of rotatable bonds is 4. The molecule has 0 saturated carbocycles. The number of hydrogen-bond donors (Lipinski definition) is 1. The van der Waals surface area contributed by atoms with Crippen LogP contribution in [0.3, 0.4) is 0 Å². The average molecular weight is 328 g/mol. The Bertz CT molecular complexity index is 593. The second-order valence-electron chi connectivity index (χ2n) is 5.13. The molecular formula is C14H18ClN3S2. The van der Waals surface area contributed by atoms with Crippen LogP contribution in [-0.2, 0) is 6.54 Å². The third-order valence-corrected chi connectivity index (χ3v) is 5.99. The lowest BCUT2D eigenvalue weighted by Crippen LogP contribution is -2.27. The molecule has 0 aromatic carbocycles. The van der Waals surface area contributed by atoms with Crippen molar-refractivity contribution >= 4 is 39.4 Å². The van der Waals surface area contributed by atoms with Gasteiger partial charge in [-0.05, 0) is 31.9 Å². The maximum atomic E-state index is 6.03. The lowest BCUT2D eigenvalue weighted by atomic mass is 10.1. The Morgan fingerprint density at radius 3 is 3.10 bits per heavy atom. The zero-order chi connectivity index (χ0) is 14.1. The van der Waals surface area contributed by atoms with Crippen molar-refractivity contribution in [3.8, 4) is 10.6 Å². The summed E-state index contributed by atoms with van der Waals surface area (Å²) in [7, 11) is 0. The topological polar surface area (TPSA) is 42.1 Å². The summed E-state index contributed by atoms with van der Waals surface area (Å²) in [5, 5.41) is 3.36. The van der Waals surface area contributed by atoms with Gasteiger partial charge in [-0.3, -0.25) is 4.90 Å². The third kappa shape index (κ3) is 2.86. The Balaban J connectivity index is 1.86. The highest BCUT2D eigenvalue weighted by Crippen LogP contribution is 2.36. The molecule has 0 bridgehead atoms. The third-order valence-electron chi connectivity index (χ3n) is 3.83. The summed E-state index contributed by atoms with van der Waals surface area (Å²) in [4.78, 5) is 9.45. The van der Waals surface area contributed by atoms with E-state index in [0.29, 0.717) is 11.2 Å². The minimum Gasteiger partial charge on any atom is -0.375 e. The van der Waals surface area contributed by atoms with Crippen LogP contribution in [0.5, 0.6) is 0 Å². The minimum atomic E-state index is 0.645. The van der Waals surface area contributed by atoms with E-state index in [9.17, 15) is 0 Å². The number of likely N-dealkylation sites (tertiary alicyclic amines) is 1. The fourth-order valence-corrected chi connectivity index (χ4v) is 4.88. The molecule has 1 fully saturated rings. The summed E-state index contributed by atoms with van der Waals surface area (Å²) in [6.07, 6.45) is 3.83. The molecule has 3 nitrogen and oxygen atoms in total. The van der Waals surface area contributed by atoms with E-state index in [1.54, 1.807) is 22.7 Å². The van der Waals surface area contributed by atoms with Gasteiger partial charge in [0, 0.05) is 22.8 Å². The zero-order valence-corrected chi connectivity index (χ0v) is 13.8. The van der Waals surface area contributed by atoms with Gasteiger partial charge in [0.15, 0.2) is 5.13 Å². The van der Waals surface area contributed by atoms with Gasteiger partial charge >= 0.3 is 0 Å². The lowest BCUT2D eigenvalue weighted by Gasteiger charge is -2.22. The van der Waals surface area contributed by atoms with Crippen LogP contribution < -0.4 is 5.73 Å². The number of nitrogen functional groups attached to an aromatic ring is 1. The lowest BCUT2D eigenvalue weighted by molar-refractivity contribution is 0.242. The number of nitrogens with zero attached hydrogens (tertiary/aromatic N) is 2. The predicted octanol–water partition coefficient (Wildman–Crippen LogP) is 4.48. The van der Waals surface area contributed by atoms with Gasteiger partial charge in [0.1, 0.15) is 0 Å². The van der Waals surface area contributed by atoms with E-state index in [-0.39, 0.29) is 0 Å². The fraction of sp³-hybridized carbons (Fsp3) is 0.500. The van der Waals surface area contributed by atoms with Gasteiger partial charge in [-0.1, -0.05) is 18.5 Å². The van der Waals surface area contributed by atoms with Crippen molar-refractivity contribution in [3.05, 3.63) is 21.3 Å². The van der Waals surface area contributed by atoms with Crippen LogP contribution in [0.1, 0.15) is 31.1 Å². The van der Waals surface area contributed by atoms with Crippen LogP contribution in [0, 0.1) is 0 Å². The molecule has 2 N–H and O–H groups in total. The van der Waals surface area contributed by atoms with E-state index in [4.69, 9.17) is 17.3 Å². The molecule has 0 amide bonds. The highest BCUT2D eigenvalue weighted by atomic mass is 35.5. The van der Waals surface area contributed by atoms with Crippen molar-refractivity contribution in [1.29, 1.82) is 0 Å². The molecule has 3 heterocycles. The van der Waals surface area contributed by atoms with E-state index in [0.717, 1.165) is 22.1 Å². The Labute approximate surface area is 132 Å². The van der Waals surface area contributed by atoms with Crippen LogP contribution >= 0.6 is 34.3 Å². The minimum absolute atomic E-state index is 0.645. The molecule has 0 aliphatic carbocycles. The van der Waals surface area contributed by atoms with Gasteiger partial charge in [-0.2, -0.15) is 0 Å². The van der Waals surface area contributed by atoms with Crippen LogP contribution in [0.2, 0.25) is 5.02 Å². The number of anilines is 1. The Kier molecular flexibility index (Phi) is 4.31. The van der Waals surface area contributed by atoms with Crippen molar-refractivity contribution in [3.63, 3.8) is 0 Å². The van der Waals surface area contributed by atoms with Crippen molar-refractivity contribution in [2.75, 3.05) is 12.3 Å². The van der Waals surface area contributed by atoms with E-state index in [2.05, 4.69) is 16.8 Å². The predicted molar refractivity (Wildman–Crippen MR) is 88.6 cm³/mol.